The molecular formula is C17H17N3O2. The molecular weight excluding hydrogens is 278 g/mol. The van der Waals surface area contributed by atoms with Crippen LogP contribution in [-0.2, 0) is 4.79 Å². The zero-order valence-corrected chi connectivity index (χ0v) is 12.5. The summed E-state index contributed by atoms with van der Waals surface area (Å²) in [7, 11) is 0. The van der Waals surface area contributed by atoms with E-state index in [9.17, 15) is 9.59 Å². The SMILES string of the molecule is CC(=O)Nc1ccc(/C=N/NC(=O)c2ccc(C)cc2)cc1. The van der Waals surface area contributed by atoms with Crippen molar-refractivity contribution in [1.29, 1.82) is 0 Å². The minimum absolute atomic E-state index is 0.119. The zero-order valence-electron chi connectivity index (χ0n) is 12.5. The van der Waals surface area contributed by atoms with Gasteiger partial charge in [0, 0.05) is 18.2 Å². The molecule has 2 rings (SSSR count). The van der Waals surface area contributed by atoms with Gasteiger partial charge >= 0.3 is 0 Å². The van der Waals surface area contributed by atoms with E-state index in [2.05, 4.69) is 15.8 Å². The molecule has 2 aromatic carbocycles. The van der Waals surface area contributed by atoms with E-state index in [1.807, 2.05) is 19.1 Å². The van der Waals surface area contributed by atoms with E-state index < -0.39 is 0 Å². The first-order valence-corrected chi connectivity index (χ1v) is 6.82. The van der Waals surface area contributed by atoms with Crippen LogP contribution in [0.1, 0.15) is 28.4 Å². The van der Waals surface area contributed by atoms with E-state index in [-0.39, 0.29) is 11.8 Å². The topological polar surface area (TPSA) is 70.6 Å². The number of amides is 2. The molecule has 5 nitrogen and oxygen atoms in total. The Hall–Kier alpha value is -2.95. The predicted molar refractivity (Wildman–Crippen MR) is 87.0 cm³/mol. The van der Waals surface area contributed by atoms with Crippen LogP contribution in [0, 0.1) is 6.92 Å². The molecule has 0 spiro atoms. The molecule has 0 saturated heterocycles. The molecule has 2 amide bonds. The standard InChI is InChI=1S/C17H17N3O2/c1-12-3-7-15(8-4-12)17(22)20-18-11-14-5-9-16(10-6-14)19-13(2)21/h3-11H,1-2H3,(H,19,21)(H,20,22)/b18-11+. The van der Waals surface area contributed by atoms with E-state index in [0.717, 1.165) is 11.1 Å². The average molecular weight is 295 g/mol. The number of rotatable bonds is 4. The maximum atomic E-state index is 11.8. The van der Waals surface area contributed by atoms with E-state index in [1.54, 1.807) is 42.6 Å². The molecule has 112 valence electrons. The molecule has 2 aromatic rings. The minimum atomic E-state index is -0.258. The van der Waals surface area contributed by atoms with Gasteiger partial charge in [0.15, 0.2) is 0 Å². The van der Waals surface area contributed by atoms with Crippen LogP contribution < -0.4 is 10.7 Å². The normalized spacial score (nSPS) is 10.5. The largest absolute Gasteiger partial charge is 0.326 e. The highest BCUT2D eigenvalue weighted by Gasteiger charge is 2.02. The molecule has 0 fully saturated rings. The number of nitrogens with zero attached hydrogens (tertiary/aromatic N) is 1. The van der Waals surface area contributed by atoms with Crippen LogP contribution in [0.4, 0.5) is 5.69 Å². The fourth-order valence-electron chi connectivity index (χ4n) is 1.79. The second-order valence-electron chi connectivity index (χ2n) is 4.87. The number of anilines is 1. The summed E-state index contributed by atoms with van der Waals surface area (Å²) in [5, 5.41) is 6.60. The van der Waals surface area contributed by atoms with Crippen molar-refractivity contribution in [2.24, 2.45) is 5.10 Å². The lowest BCUT2D eigenvalue weighted by Crippen LogP contribution is -2.17. The van der Waals surface area contributed by atoms with Crippen molar-refractivity contribution in [2.75, 3.05) is 5.32 Å². The Morgan fingerprint density at radius 1 is 1.00 bits per heavy atom. The molecule has 0 saturated carbocycles. The minimum Gasteiger partial charge on any atom is -0.326 e. The summed E-state index contributed by atoms with van der Waals surface area (Å²) in [6.07, 6.45) is 1.55. The van der Waals surface area contributed by atoms with E-state index in [0.29, 0.717) is 11.3 Å². The Kier molecular flexibility index (Phi) is 5.03. The molecule has 22 heavy (non-hydrogen) atoms. The lowest BCUT2D eigenvalue weighted by molar-refractivity contribution is -0.114. The highest BCUT2D eigenvalue weighted by Crippen LogP contribution is 2.08. The number of carbonyl (C=O) groups is 2. The number of hydrogen-bond donors (Lipinski definition) is 2. The van der Waals surface area contributed by atoms with Crippen LogP contribution in [0.25, 0.3) is 0 Å². The van der Waals surface area contributed by atoms with Crippen LogP contribution in [-0.4, -0.2) is 18.0 Å². The lowest BCUT2D eigenvalue weighted by Gasteiger charge is -2.02. The summed E-state index contributed by atoms with van der Waals surface area (Å²) < 4.78 is 0. The zero-order chi connectivity index (χ0) is 15.9. The van der Waals surface area contributed by atoms with Gasteiger partial charge in [-0.15, -0.1) is 0 Å². The molecule has 0 heterocycles. The van der Waals surface area contributed by atoms with Crippen molar-refractivity contribution < 1.29 is 9.59 Å². The van der Waals surface area contributed by atoms with Crippen molar-refractivity contribution in [3.8, 4) is 0 Å². The van der Waals surface area contributed by atoms with Gasteiger partial charge in [-0.2, -0.15) is 5.10 Å². The summed E-state index contributed by atoms with van der Waals surface area (Å²) in [4.78, 5) is 22.8. The average Bonchev–Trinajstić information content (AvgIpc) is 2.49. The fraction of sp³-hybridized carbons (Fsp3) is 0.118. The highest BCUT2D eigenvalue weighted by molar-refractivity contribution is 5.95. The second-order valence-corrected chi connectivity index (χ2v) is 4.87. The van der Waals surface area contributed by atoms with Gasteiger partial charge in [-0.1, -0.05) is 29.8 Å². The molecule has 0 unspecified atom stereocenters. The summed E-state index contributed by atoms with van der Waals surface area (Å²) in [5.74, 6) is -0.377. The summed E-state index contributed by atoms with van der Waals surface area (Å²) >= 11 is 0. The van der Waals surface area contributed by atoms with Gasteiger partial charge in [0.2, 0.25) is 5.91 Å². The van der Waals surface area contributed by atoms with Crippen molar-refractivity contribution in [1.82, 2.24) is 5.43 Å². The molecule has 0 atom stereocenters. The summed E-state index contributed by atoms with van der Waals surface area (Å²) in [5.41, 5.74) is 5.66. The Bertz CT molecular complexity index is 689. The Morgan fingerprint density at radius 3 is 2.23 bits per heavy atom. The van der Waals surface area contributed by atoms with Gasteiger partial charge in [0.05, 0.1) is 6.21 Å². The number of benzene rings is 2. The molecule has 0 aliphatic heterocycles. The maximum absolute atomic E-state index is 11.8. The third-order valence-electron chi connectivity index (χ3n) is 2.92. The molecule has 0 bridgehead atoms. The Labute approximate surface area is 129 Å². The molecule has 2 N–H and O–H groups in total. The highest BCUT2D eigenvalue weighted by atomic mass is 16.2. The fourth-order valence-corrected chi connectivity index (χ4v) is 1.79. The molecule has 0 radical (unpaired) electrons. The number of carbonyl (C=O) groups excluding carboxylic acids is 2. The third kappa shape index (κ3) is 4.56. The van der Waals surface area contributed by atoms with Gasteiger partial charge in [-0.25, -0.2) is 5.43 Å². The summed E-state index contributed by atoms with van der Waals surface area (Å²) in [6, 6.07) is 14.4. The van der Waals surface area contributed by atoms with Gasteiger partial charge in [-0.05, 0) is 36.8 Å². The van der Waals surface area contributed by atoms with E-state index >= 15 is 0 Å². The number of aryl methyl sites for hydroxylation is 1. The molecule has 0 aliphatic rings. The van der Waals surface area contributed by atoms with E-state index in [4.69, 9.17) is 0 Å². The lowest BCUT2D eigenvalue weighted by atomic mass is 10.1. The van der Waals surface area contributed by atoms with Crippen LogP contribution in [0.2, 0.25) is 0 Å². The summed E-state index contributed by atoms with van der Waals surface area (Å²) in [6.45, 7) is 3.42. The van der Waals surface area contributed by atoms with Crippen molar-refractivity contribution in [2.45, 2.75) is 13.8 Å². The third-order valence-corrected chi connectivity index (χ3v) is 2.92. The maximum Gasteiger partial charge on any atom is 0.271 e. The number of nitrogens with one attached hydrogen (secondary N) is 2. The Balaban J connectivity index is 1.93. The van der Waals surface area contributed by atoms with Gasteiger partial charge in [0.25, 0.3) is 5.91 Å². The number of hydrogen-bond acceptors (Lipinski definition) is 3. The second kappa shape index (κ2) is 7.17. The van der Waals surface area contributed by atoms with Gasteiger partial charge in [0.1, 0.15) is 0 Å². The van der Waals surface area contributed by atoms with E-state index in [1.165, 1.54) is 6.92 Å². The van der Waals surface area contributed by atoms with Gasteiger partial charge < -0.3 is 5.32 Å². The molecule has 0 aliphatic carbocycles. The molecule has 5 heteroatoms. The smallest absolute Gasteiger partial charge is 0.271 e. The van der Waals surface area contributed by atoms with Crippen molar-refractivity contribution in [3.05, 3.63) is 65.2 Å². The Morgan fingerprint density at radius 2 is 1.64 bits per heavy atom. The number of hydrazone groups is 1. The monoisotopic (exact) mass is 295 g/mol. The first-order valence-electron chi connectivity index (χ1n) is 6.82. The quantitative estimate of drug-likeness (QED) is 0.672. The van der Waals surface area contributed by atoms with Crippen LogP contribution in [0.15, 0.2) is 53.6 Å². The first-order chi connectivity index (χ1) is 10.5. The van der Waals surface area contributed by atoms with Gasteiger partial charge in [-0.3, -0.25) is 9.59 Å². The van der Waals surface area contributed by atoms with Crippen molar-refractivity contribution >= 4 is 23.7 Å². The van der Waals surface area contributed by atoms with Crippen LogP contribution >= 0.6 is 0 Å². The predicted octanol–water partition coefficient (Wildman–Crippen LogP) is 2.72. The van der Waals surface area contributed by atoms with Crippen molar-refractivity contribution in [3.63, 3.8) is 0 Å². The molecule has 0 aromatic heterocycles. The van der Waals surface area contributed by atoms with Crippen LogP contribution in [0.3, 0.4) is 0 Å². The van der Waals surface area contributed by atoms with Crippen LogP contribution in [0.5, 0.6) is 0 Å². The first kappa shape index (κ1) is 15.4.